The number of hydrogen-bond donors (Lipinski definition) is 8. The Morgan fingerprint density at radius 2 is 2.02 bits per heavy atom. The summed E-state index contributed by atoms with van der Waals surface area (Å²) in [5.74, 6) is 0.615. The van der Waals surface area contributed by atoms with Crippen LogP contribution < -0.4 is 27.9 Å². The molecule has 3 amide bonds. The Morgan fingerprint density at radius 1 is 1.29 bits per heavy atom. The number of carbonyl (C=O) groups is 5. The zero-order valence-corrected chi connectivity index (χ0v) is 27.7. The number of hydrogen-bond acceptors (Lipinski definition) is 18. The summed E-state index contributed by atoms with van der Waals surface area (Å²) in [6.07, 6.45) is 1.74. The second-order valence-corrected chi connectivity index (χ2v) is 13.7. The van der Waals surface area contributed by atoms with Crippen LogP contribution in [0.3, 0.4) is 0 Å². The SMILES string of the molecule is C[C@H](O)N1C=C2N=C(C(=O)O)C=C(SCC3=C(C(=O)O)N4C(=O)C(NC(=O)/C(=N\OC(C)(C)C(=O)NN)c5csc(N)n5)[C@H]4SC3)N2N1. The number of aliphatic carboxylic acids is 2. The zero-order chi connectivity index (χ0) is 35.1. The first kappa shape index (κ1) is 34.6. The van der Waals surface area contributed by atoms with Gasteiger partial charge < -0.3 is 31.2 Å². The molecule has 0 radical (unpaired) electrons. The number of anilines is 1. The maximum Gasteiger partial charge on any atom is 0.354 e. The molecule has 1 fully saturated rings. The smallest absolute Gasteiger partial charge is 0.354 e. The molecule has 23 heteroatoms. The van der Waals surface area contributed by atoms with Crippen LogP contribution in [-0.2, 0) is 28.8 Å². The van der Waals surface area contributed by atoms with E-state index in [2.05, 4.69) is 26.0 Å². The maximum absolute atomic E-state index is 13.4. The number of carboxylic acid groups (broad SMARTS) is 2. The average Bonchev–Trinajstić information content (AvgIpc) is 3.67. The van der Waals surface area contributed by atoms with Gasteiger partial charge in [0.2, 0.25) is 5.60 Å². The summed E-state index contributed by atoms with van der Waals surface area (Å²) in [5.41, 5.74) is 8.40. The number of nitrogens with two attached hydrogens (primary N) is 2. The minimum atomic E-state index is -1.59. The lowest BCUT2D eigenvalue weighted by atomic mass is 10.0. The lowest BCUT2D eigenvalue weighted by Gasteiger charge is -2.49. The van der Waals surface area contributed by atoms with Gasteiger partial charge in [0.1, 0.15) is 29.0 Å². The van der Waals surface area contributed by atoms with Gasteiger partial charge in [-0.25, -0.2) is 30.4 Å². The van der Waals surface area contributed by atoms with Gasteiger partial charge in [0.15, 0.2) is 22.4 Å². The predicted octanol–water partition coefficient (Wildman–Crippen LogP) is -1.76. The number of rotatable bonds is 12. The fourth-order valence-corrected chi connectivity index (χ4v) is 7.55. The molecule has 48 heavy (non-hydrogen) atoms. The third kappa shape index (κ3) is 6.67. The number of fused-ring (bicyclic) bond motifs is 2. The standard InChI is InChI=1S/C25H29N11O9S3/c1-9(37)34-5-13-28-11(21(40)41)4-14(36(13)33-34)46-6-10-7-47-20-16(19(39)35(20)17(10)22(42)43)30-18(38)15(12-8-48-24(26)29-12)32-45-25(2,3)23(44)31-27/h4-5,8-9,16,20,33,37H,6-7,27H2,1-3H3,(H2,26,29)(H,30,38)(H,31,44)(H,40,41)(H,42,43)/b32-15-/t9-,16?,20+/m0/s1. The van der Waals surface area contributed by atoms with Gasteiger partial charge in [-0.1, -0.05) is 5.16 Å². The summed E-state index contributed by atoms with van der Waals surface area (Å²) in [5, 5.41) is 39.9. The van der Waals surface area contributed by atoms with Crippen molar-refractivity contribution in [3.63, 3.8) is 0 Å². The second kappa shape index (κ2) is 13.4. The fourth-order valence-electron chi connectivity index (χ4n) is 4.50. The Morgan fingerprint density at radius 3 is 2.62 bits per heavy atom. The summed E-state index contributed by atoms with van der Waals surface area (Å²) in [6, 6.07) is -1.14. The van der Waals surface area contributed by atoms with E-state index in [1.54, 1.807) is 0 Å². The minimum absolute atomic E-state index is 0.0134. The molecule has 1 unspecified atom stereocenters. The van der Waals surface area contributed by atoms with Crippen molar-refractivity contribution >= 4 is 81.1 Å². The lowest BCUT2D eigenvalue weighted by Crippen LogP contribution is -2.71. The Kier molecular flexibility index (Phi) is 9.70. The Hall–Kier alpha value is -4.68. The predicted molar refractivity (Wildman–Crippen MR) is 172 cm³/mol. The van der Waals surface area contributed by atoms with Gasteiger partial charge in [0.05, 0.1) is 11.2 Å². The van der Waals surface area contributed by atoms with E-state index in [0.29, 0.717) is 10.6 Å². The number of hydrazine groups is 3. The highest BCUT2D eigenvalue weighted by Gasteiger charge is 2.54. The normalized spacial score (nSPS) is 21.4. The highest BCUT2D eigenvalue weighted by atomic mass is 32.2. The molecule has 0 spiro atoms. The van der Waals surface area contributed by atoms with Crippen LogP contribution in [0.25, 0.3) is 0 Å². The van der Waals surface area contributed by atoms with Crippen LogP contribution in [0, 0.1) is 0 Å². The molecule has 1 saturated heterocycles. The van der Waals surface area contributed by atoms with Crippen molar-refractivity contribution in [2.75, 3.05) is 17.2 Å². The quantitative estimate of drug-likeness (QED) is 0.0390. The number of nitrogens with zero attached hydrogens (tertiary/aromatic N) is 6. The van der Waals surface area contributed by atoms with Crippen LogP contribution in [0.1, 0.15) is 26.5 Å². The van der Waals surface area contributed by atoms with Gasteiger partial charge in [0, 0.05) is 23.0 Å². The van der Waals surface area contributed by atoms with Crippen LogP contribution in [0.15, 0.2) is 49.9 Å². The Bertz CT molecular complexity index is 1740. The number of carboxylic acids is 2. The summed E-state index contributed by atoms with van der Waals surface area (Å²) in [4.78, 5) is 77.4. The van der Waals surface area contributed by atoms with Gasteiger partial charge in [0.25, 0.3) is 17.7 Å². The number of thiazole rings is 1. The molecule has 4 aliphatic rings. The van der Waals surface area contributed by atoms with Crippen molar-refractivity contribution in [3.8, 4) is 0 Å². The Labute approximate surface area is 283 Å². The van der Waals surface area contributed by atoms with E-state index >= 15 is 0 Å². The van der Waals surface area contributed by atoms with E-state index < -0.39 is 52.9 Å². The van der Waals surface area contributed by atoms with Gasteiger partial charge in [-0.2, -0.15) is 0 Å². The van der Waals surface area contributed by atoms with Gasteiger partial charge in [-0.15, -0.1) is 40.4 Å². The van der Waals surface area contributed by atoms with Crippen LogP contribution >= 0.6 is 34.9 Å². The molecule has 1 aromatic rings. The number of β-lactam (4-membered cyclic amide) rings is 1. The number of thioether (sulfide) groups is 2. The molecule has 256 valence electrons. The van der Waals surface area contributed by atoms with Crippen LogP contribution in [-0.4, -0.2) is 111 Å². The molecule has 5 rings (SSSR count). The zero-order valence-electron chi connectivity index (χ0n) is 25.2. The summed E-state index contributed by atoms with van der Waals surface area (Å²) >= 11 is 3.32. The molecule has 0 aliphatic carbocycles. The molecule has 0 bridgehead atoms. The van der Waals surface area contributed by atoms with Crippen molar-refractivity contribution in [1.82, 2.24) is 36.2 Å². The average molecular weight is 724 g/mol. The maximum atomic E-state index is 13.4. The number of nitrogens with one attached hydrogen (secondary N) is 3. The van der Waals surface area contributed by atoms with Gasteiger partial charge >= 0.3 is 11.9 Å². The largest absolute Gasteiger partial charge is 0.477 e. The first-order valence-electron chi connectivity index (χ1n) is 13.7. The summed E-state index contributed by atoms with van der Waals surface area (Å²) in [7, 11) is 0. The molecule has 4 aliphatic heterocycles. The first-order chi connectivity index (χ1) is 22.6. The second-order valence-electron chi connectivity index (χ2n) is 10.7. The number of amides is 3. The minimum Gasteiger partial charge on any atom is -0.477 e. The van der Waals surface area contributed by atoms with Gasteiger partial charge in [-0.3, -0.25) is 29.7 Å². The Balaban J connectivity index is 1.33. The number of oxime groups is 1. The monoisotopic (exact) mass is 723 g/mol. The molecular formula is C25H29N11O9S3. The van der Waals surface area contributed by atoms with E-state index in [9.17, 15) is 39.3 Å². The number of aliphatic hydroxyl groups excluding tert-OH is 1. The van der Waals surface area contributed by atoms with E-state index in [-0.39, 0.29) is 45.3 Å². The summed E-state index contributed by atoms with van der Waals surface area (Å²) in [6.45, 7) is 4.20. The topological polar surface area (TPSA) is 291 Å². The number of aromatic nitrogens is 1. The highest BCUT2D eigenvalue weighted by Crippen LogP contribution is 2.42. The van der Waals surface area contributed by atoms with E-state index in [0.717, 1.165) is 28.0 Å². The number of nitrogen functional groups attached to an aromatic ring is 1. The van der Waals surface area contributed by atoms with Crippen molar-refractivity contribution in [1.29, 1.82) is 0 Å². The van der Waals surface area contributed by atoms with E-state index in [1.807, 2.05) is 5.43 Å². The van der Waals surface area contributed by atoms with Crippen LogP contribution in [0.2, 0.25) is 0 Å². The van der Waals surface area contributed by atoms with E-state index in [4.69, 9.17) is 16.4 Å². The molecule has 0 aromatic carbocycles. The van der Waals surface area contributed by atoms with Crippen LogP contribution in [0.4, 0.5) is 5.13 Å². The van der Waals surface area contributed by atoms with Crippen molar-refractivity contribution in [2.24, 2.45) is 16.0 Å². The van der Waals surface area contributed by atoms with Crippen molar-refractivity contribution < 1.29 is 44.1 Å². The molecular weight excluding hydrogens is 695 g/mol. The molecule has 5 heterocycles. The molecule has 0 saturated carbocycles. The number of aliphatic hydroxyl groups is 1. The van der Waals surface area contributed by atoms with Crippen LogP contribution in [0.5, 0.6) is 0 Å². The number of carbonyl (C=O) groups excluding carboxylic acids is 3. The third-order valence-corrected chi connectivity index (χ3v) is 10.1. The number of aliphatic imine (C=N–C) groups is 1. The third-order valence-electron chi connectivity index (χ3n) is 6.99. The molecule has 3 atom stereocenters. The molecule has 1 aromatic heterocycles. The van der Waals surface area contributed by atoms with Crippen molar-refractivity contribution in [2.45, 2.75) is 44.0 Å². The molecule has 20 nitrogen and oxygen atoms in total. The lowest BCUT2D eigenvalue weighted by molar-refractivity contribution is -0.150. The summed E-state index contributed by atoms with van der Waals surface area (Å²) < 4.78 is 0. The van der Waals surface area contributed by atoms with E-state index in [1.165, 1.54) is 60.2 Å². The van der Waals surface area contributed by atoms with Gasteiger partial charge in [-0.05, 0) is 26.3 Å². The fraction of sp³-hybridized carbons (Fsp3) is 0.360. The van der Waals surface area contributed by atoms with Crippen molar-refractivity contribution in [3.05, 3.63) is 45.5 Å². The highest BCUT2D eigenvalue weighted by molar-refractivity contribution is 8.03. The first-order valence-corrected chi connectivity index (χ1v) is 16.6. The molecule has 10 N–H and O–H groups in total.